The van der Waals surface area contributed by atoms with Gasteiger partial charge in [-0.1, -0.05) is 6.92 Å². The lowest BCUT2D eigenvalue weighted by molar-refractivity contribution is -0.123. The zero-order valence-electron chi connectivity index (χ0n) is 6.52. The van der Waals surface area contributed by atoms with Crippen molar-refractivity contribution in [1.29, 1.82) is 0 Å². The lowest BCUT2D eigenvalue weighted by Crippen LogP contribution is -2.21. The second-order valence-corrected chi connectivity index (χ2v) is 4.23. The van der Waals surface area contributed by atoms with Crippen LogP contribution in [0.5, 0.6) is 0 Å². The summed E-state index contributed by atoms with van der Waals surface area (Å²) in [5, 5.41) is 0. The molecule has 56 valence electrons. The molecule has 2 aliphatic carbocycles. The van der Waals surface area contributed by atoms with Crippen LogP contribution in [0.15, 0.2) is 0 Å². The summed E-state index contributed by atoms with van der Waals surface area (Å²) in [7, 11) is 0. The van der Waals surface area contributed by atoms with Crippen LogP contribution in [0.1, 0.15) is 39.0 Å². The number of ketones is 1. The fourth-order valence-electron chi connectivity index (χ4n) is 2.32. The molecule has 0 bridgehead atoms. The van der Waals surface area contributed by atoms with Crippen LogP contribution in [0.4, 0.5) is 0 Å². The third-order valence-electron chi connectivity index (χ3n) is 2.89. The Labute approximate surface area is 61.8 Å². The van der Waals surface area contributed by atoms with E-state index in [4.69, 9.17) is 0 Å². The average Bonchev–Trinajstić information content (AvgIpc) is 2.44. The number of hydrogen-bond donors (Lipinski definition) is 0. The fourth-order valence-corrected chi connectivity index (χ4v) is 2.32. The number of carbonyl (C=O) groups is 1. The molecule has 2 aliphatic rings. The van der Waals surface area contributed by atoms with Crippen molar-refractivity contribution >= 4 is 5.78 Å². The van der Waals surface area contributed by atoms with E-state index < -0.39 is 0 Å². The van der Waals surface area contributed by atoms with Crippen LogP contribution < -0.4 is 0 Å². The Balaban J connectivity index is 2.07. The predicted molar refractivity (Wildman–Crippen MR) is 39.7 cm³/mol. The summed E-state index contributed by atoms with van der Waals surface area (Å²) in [6.07, 6.45) is 5.71. The summed E-state index contributed by atoms with van der Waals surface area (Å²) in [6.45, 7) is 2.21. The first-order chi connectivity index (χ1) is 4.70. The standard InChI is InChI=1S/C9H14O/c1-7-4-8(10)6-9(5-7)2-3-9/h7H,2-6H2,1H3. The van der Waals surface area contributed by atoms with E-state index in [1.165, 1.54) is 19.3 Å². The minimum Gasteiger partial charge on any atom is -0.300 e. The van der Waals surface area contributed by atoms with Gasteiger partial charge in [0.15, 0.2) is 0 Å². The second kappa shape index (κ2) is 1.84. The number of carbonyl (C=O) groups excluding carboxylic acids is 1. The summed E-state index contributed by atoms with van der Waals surface area (Å²) in [6, 6.07) is 0. The maximum atomic E-state index is 11.1. The molecule has 1 atom stereocenters. The van der Waals surface area contributed by atoms with Crippen LogP contribution in [-0.2, 0) is 4.79 Å². The summed E-state index contributed by atoms with van der Waals surface area (Å²) >= 11 is 0. The van der Waals surface area contributed by atoms with Gasteiger partial charge in [0.2, 0.25) is 0 Å². The van der Waals surface area contributed by atoms with E-state index in [2.05, 4.69) is 6.92 Å². The van der Waals surface area contributed by atoms with Crippen LogP contribution in [0.2, 0.25) is 0 Å². The average molecular weight is 138 g/mol. The van der Waals surface area contributed by atoms with Gasteiger partial charge >= 0.3 is 0 Å². The van der Waals surface area contributed by atoms with Crippen molar-refractivity contribution in [2.45, 2.75) is 39.0 Å². The maximum absolute atomic E-state index is 11.1. The van der Waals surface area contributed by atoms with Gasteiger partial charge in [-0.2, -0.15) is 0 Å². The molecule has 1 heteroatoms. The second-order valence-electron chi connectivity index (χ2n) is 4.23. The van der Waals surface area contributed by atoms with Crippen molar-refractivity contribution in [1.82, 2.24) is 0 Å². The van der Waals surface area contributed by atoms with Gasteiger partial charge in [0.1, 0.15) is 5.78 Å². The monoisotopic (exact) mass is 138 g/mol. The van der Waals surface area contributed by atoms with Gasteiger partial charge in [-0.05, 0) is 30.6 Å². The summed E-state index contributed by atoms with van der Waals surface area (Å²) in [4.78, 5) is 11.1. The number of hydrogen-bond acceptors (Lipinski definition) is 1. The van der Waals surface area contributed by atoms with Crippen molar-refractivity contribution in [2.75, 3.05) is 0 Å². The molecule has 1 unspecified atom stereocenters. The van der Waals surface area contributed by atoms with Crippen molar-refractivity contribution in [2.24, 2.45) is 11.3 Å². The predicted octanol–water partition coefficient (Wildman–Crippen LogP) is 2.16. The molecule has 0 aliphatic heterocycles. The Hall–Kier alpha value is -0.330. The first-order valence-electron chi connectivity index (χ1n) is 4.22. The Kier molecular flexibility index (Phi) is 1.17. The Bertz CT molecular complexity index is 168. The Morgan fingerprint density at radius 2 is 2.20 bits per heavy atom. The smallest absolute Gasteiger partial charge is 0.133 e. The van der Waals surface area contributed by atoms with Gasteiger partial charge in [-0.15, -0.1) is 0 Å². The topological polar surface area (TPSA) is 17.1 Å². The molecule has 10 heavy (non-hydrogen) atoms. The lowest BCUT2D eigenvalue weighted by atomic mass is 9.79. The first kappa shape index (κ1) is 6.38. The minimum absolute atomic E-state index is 0.510. The molecule has 1 nitrogen and oxygen atoms in total. The lowest BCUT2D eigenvalue weighted by Gasteiger charge is -2.24. The highest BCUT2D eigenvalue weighted by molar-refractivity contribution is 5.80. The molecular weight excluding hydrogens is 124 g/mol. The zero-order chi connectivity index (χ0) is 7.19. The van der Waals surface area contributed by atoms with Crippen LogP contribution >= 0.6 is 0 Å². The molecule has 0 aromatic heterocycles. The molecule has 2 rings (SSSR count). The molecular formula is C9H14O. The van der Waals surface area contributed by atoms with Gasteiger partial charge in [0, 0.05) is 12.8 Å². The molecule has 0 saturated heterocycles. The third kappa shape index (κ3) is 0.979. The van der Waals surface area contributed by atoms with E-state index in [9.17, 15) is 4.79 Å². The zero-order valence-corrected chi connectivity index (χ0v) is 6.52. The van der Waals surface area contributed by atoms with Gasteiger partial charge < -0.3 is 0 Å². The van der Waals surface area contributed by atoms with Gasteiger partial charge in [0.25, 0.3) is 0 Å². The van der Waals surface area contributed by atoms with Crippen molar-refractivity contribution in [3.63, 3.8) is 0 Å². The minimum atomic E-state index is 0.510. The van der Waals surface area contributed by atoms with Crippen molar-refractivity contribution in [3.05, 3.63) is 0 Å². The molecule has 2 saturated carbocycles. The van der Waals surface area contributed by atoms with Crippen molar-refractivity contribution < 1.29 is 4.79 Å². The molecule has 0 radical (unpaired) electrons. The van der Waals surface area contributed by atoms with Crippen molar-refractivity contribution in [3.8, 4) is 0 Å². The highest BCUT2D eigenvalue weighted by atomic mass is 16.1. The largest absolute Gasteiger partial charge is 0.300 e. The summed E-state index contributed by atoms with van der Waals surface area (Å²) < 4.78 is 0. The van der Waals surface area contributed by atoms with E-state index in [1.807, 2.05) is 0 Å². The number of Topliss-reactive ketones (excluding diaryl/α,β-unsaturated/α-hetero) is 1. The third-order valence-corrected chi connectivity index (χ3v) is 2.89. The molecule has 1 spiro atoms. The van der Waals surface area contributed by atoms with Crippen LogP contribution in [-0.4, -0.2) is 5.78 Å². The van der Waals surface area contributed by atoms with E-state index in [0.717, 1.165) is 12.8 Å². The Morgan fingerprint density at radius 3 is 2.70 bits per heavy atom. The summed E-state index contributed by atoms with van der Waals surface area (Å²) in [5.41, 5.74) is 0.523. The molecule has 0 aromatic rings. The Morgan fingerprint density at radius 1 is 1.50 bits per heavy atom. The number of rotatable bonds is 0. The van der Waals surface area contributed by atoms with E-state index in [1.54, 1.807) is 0 Å². The maximum Gasteiger partial charge on any atom is 0.133 e. The highest BCUT2D eigenvalue weighted by Gasteiger charge is 2.47. The quantitative estimate of drug-likeness (QED) is 0.501. The van der Waals surface area contributed by atoms with Crippen LogP contribution in [0.25, 0.3) is 0 Å². The first-order valence-corrected chi connectivity index (χ1v) is 4.22. The van der Waals surface area contributed by atoms with Crippen LogP contribution in [0.3, 0.4) is 0 Å². The molecule has 2 fully saturated rings. The van der Waals surface area contributed by atoms with Gasteiger partial charge in [-0.3, -0.25) is 4.79 Å². The molecule has 0 amide bonds. The molecule has 0 heterocycles. The summed E-state index contributed by atoms with van der Waals surface area (Å²) in [5.74, 6) is 1.18. The van der Waals surface area contributed by atoms with E-state index in [0.29, 0.717) is 17.1 Å². The molecule has 0 N–H and O–H groups in total. The highest BCUT2D eigenvalue weighted by Crippen LogP contribution is 2.56. The fraction of sp³-hybridized carbons (Fsp3) is 0.889. The van der Waals surface area contributed by atoms with E-state index >= 15 is 0 Å². The molecule has 0 aromatic carbocycles. The van der Waals surface area contributed by atoms with E-state index in [-0.39, 0.29) is 0 Å². The van der Waals surface area contributed by atoms with Gasteiger partial charge in [-0.25, -0.2) is 0 Å². The van der Waals surface area contributed by atoms with Gasteiger partial charge in [0.05, 0.1) is 0 Å². The normalized spacial score (nSPS) is 36.5. The van der Waals surface area contributed by atoms with Crippen LogP contribution in [0, 0.1) is 11.3 Å². The SMILES string of the molecule is CC1CC(=O)CC2(CC2)C1.